The molecular weight excluding hydrogens is 405 g/mol. The average Bonchev–Trinajstić information content (AvgIpc) is 3.20. The van der Waals surface area contributed by atoms with Crippen LogP contribution < -0.4 is 5.43 Å². The molecule has 1 fully saturated rings. The van der Waals surface area contributed by atoms with Gasteiger partial charge in [-0.3, -0.25) is 4.79 Å². The number of phenolic OH excluding ortho intramolecular Hbond substituents is 1. The van der Waals surface area contributed by atoms with Crippen molar-refractivity contribution in [1.82, 2.24) is 9.99 Å². The van der Waals surface area contributed by atoms with Crippen LogP contribution in [0.2, 0.25) is 0 Å². The molecule has 1 aromatic heterocycles. The number of aromatic hydroxyl groups is 1. The number of phenols is 1. The molecule has 1 aromatic carbocycles. The van der Waals surface area contributed by atoms with Gasteiger partial charge in [0.1, 0.15) is 5.75 Å². The average molecular weight is 423 g/mol. The molecule has 0 saturated heterocycles. The van der Waals surface area contributed by atoms with E-state index in [0.717, 1.165) is 5.56 Å². The molecule has 1 aliphatic rings. The first-order chi connectivity index (χ1) is 11.1. The molecule has 23 heavy (non-hydrogen) atoms. The molecule has 2 aromatic rings. The van der Waals surface area contributed by atoms with Crippen LogP contribution in [0.15, 0.2) is 41.8 Å². The van der Waals surface area contributed by atoms with Crippen LogP contribution in [0.25, 0.3) is 0 Å². The quantitative estimate of drug-likeness (QED) is 0.448. The van der Waals surface area contributed by atoms with E-state index in [1.807, 2.05) is 28.7 Å². The molecule has 0 bridgehead atoms. The lowest BCUT2D eigenvalue weighted by atomic mass is 10.2. The molecule has 1 heterocycles. The third-order valence-electron chi connectivity index (χ3n) is 4.07. The molecule has 0 atom stereocenters. The van der Waals surface area contributed by atoms with Crippen molar-refractivity contribution >= 4 is 34.7 Å². The summed E-state index contributed by atoms with van der Waals surface area (Å²) in [7, 11) is 0. The van der Waals surface area contributed by atoms with Crippen molar-refractivity contribution in [2.24, 2.45) is 5.10 Å². The number of hydrazone groups is 1. The number of halogens is 1. The fourth-order valence-corrected chi connectivity index (χ4v) is 3.16. The highest BCUT2D eigenvalue weighted by Gasteiger charge is 2.16. The Labute approximate surface area is 148 Å². The molecule has 6 heteroatoms. The summed E-state index contributed by atoms with van der Waals surface area (Å²) in [5.41, 5.74) is 3.82. The Morgan fingerprint density at radius 1 is 1.35 bits per heavy atom. The normalized spacial score (nSPS) is 15.3. The predicted molar refractivity (Wildman–Crippen MR) is 97.8 cm³/mol. The number of hydrogen-bond acceptors (Lipinski definition) is 3. The van der Waals surface area contributed by atoms with Gasteiger partial charge < -0.3 is 9.67 Å². The number of amides is 1. The number of hydrogen-bond donors (Lipinski definition) is 2. The lowest BCUT2D eigenvalue weighted by Crippen LogP contribution is -2.17. The molecule has 0 spiro atoms. The van der Waals surface area contributed by atoms with Gasteiger partial charge >= 0.3 is 0 Å². The van der Waals surface area contributed by atoms with Gasteiger partial charge in [-0.05, 0) is 59.7 Å². The molecule has 2 N–H and O–H groups in total. The van der Waals surface area contributed by atoms with Crippen molar-refractivity contribution < 1.29 is 9.90 Å². The van der Waals surface area contributed by atoms with Gasteiger partial charge in [-0.25, -0.2) is 5.43 Å². The Morgan fingerprint density at radius 2 is 2.13 bits per heavy atom. The fraction of sp³-hybridized carbons (Fsp3) is 0.294. The Balaban J connectivity index is 1.59. The third-order valence-corrected chi connectivity index (χ3v) is 4.98. The Morgan fingerprint density at radius 3 is 2.87 bits per heavy atom. The first kappa shape index (κ1) is 16.0. The molecule has 5 nitrogen and oxygen atoms in total. The smallest absolute Gasteiger partial charge is 0.271 e. The molecule has 1 aliphatic carbocycles. The zero-order valence-electron chi connectivity index (χ0n) is 12.6. The second-order valence-corrected chi connectivity index (χ2v) is 6.86. The third kappa shape index (κ3) is 3.93. The second kappa shape index (κ2) is 7.16. The Kier molecular flexibility index (Phi) is 5.00. The van der Waals surface area contributed by atoms with E-state index in [4.69, 9.17) is 0 Å². The Bertz CT molecular complexity index is 733. The minimum absolute atomic E-state index is 0.0934. The standard InChI is InChI=1S/C17H18IN3O2/c18-15-6-5-13(9-16(15)22)17(23)20-19-10-12-7-8-21(11-12)14-3-1-2-4-14/h5-11,14,22H,1-4H2,(H,20,23)/b19-10-. The van der Waals surface area contributed by atoms with Crippen molar-refractivity contribution in [2.75, 3.05) is 0 Å². The van der Waals surface area contributed by atoms with Crippen LogP contribution in [0, 0.1) is 3.57 Å². The summed E-state index contributed by atoms with van der Waals surface area (Å²) in [6.45, 7) is 0. The number of rotatable bonds is 4. The molecule has 3 rings (SSSR count). The van der Waals surface area contributed by atoms with E-state index in [1.54, 1.807) is 18.3 Å². The summed E-state index contributed by atoms with van der Waals surface area (Å²) >= 11 is 2.01. The number of carbonyl (C=O) groups is 1. The van der Waals surface area contributed by atoms with Gasteiger partial charge in [-0.1, -0.05) is 12.8 Å². The van der Waals surface area contributed by atoms with E-state index in [2.05, 4.69) is 27.5 Å². The zero-order chi connectivity index (χ0) is 16.2. The lowest BCUT2D eigenvalue weighted by molar-refractivity contribution is 0.0954. The summed E-state index contributed by atoms with van der Waals surface area (Å²) in [4.78, 5) is 12.0. The first-order valence-corrected chi connectivity index (χ1v) is 8.71. The number of carbonyl (C=O) groups excluding carboxylic acids is 1. The van der Waals surface area contributed by atoms with E-state index in [9.17, 15) is 9.90 Å². The number of nitrogens with one attached hydrogen (secondary N) is 1. The van der Waals surface area contributed by atoms with Crippen molar-refractivity contribution in [1.29, 1.82) is 0 Å². The Hall–Kier alpha value is -1.83. The zero-order valence-corrected chi connectivity index (χ0v) is 14.7. The van der Waals surface area contributed by atoms with E-state index in [-0.39, 0.29) is 11.7 Å². The van der Waals surface area contributed by atoms with E-state index in [1.165, 1.54) is 31.7 Å². The molecular formula is C17H18IN3O2. The van der Waals surface area contributed by atoms with Crippen LogP contribution in [0.4, 0.5) is 0 Å². The van der Waals surface area contributed by atoms with Gasteiger partial charge in [0.2, 0.25) is 0 Å². The largest absolute Gasteiger partial charge is 0.507 e. The van der Waals surface area contributed by atoms with Crippen LogP contribution in [-0.4, -0.2) is 21.8 Å². The molecule has 0 radical (unpaired) electrons. The summed E-state index contributed by atoms with van der Waals surface area (Å²) in [5.74, 6) is -0.251. The van der Waals surface area contributed by atoms with Crippen LogP contribution in [-0.2, 0) is 0 Å². The fourth-order valence-electron chi connectivity index (χ4n) is 2.82. The van der Waals surface area contributed by atoms with E-state index < -0.39 is 0 Å². The highest BCUT2D eigenvalue weighted by atomic mass is 127. The van der Waals surface area contributed by atoms with Crippen LogP contribution >= 0.6 is 22.6 Å². The van der Waals surface area contributed by atoms with Gasteiger partial charge in [0.15, 0.2) is 0 Å². The van der Waals surface area contributed by atoms with Crippen molar-refractivity contribution in [2.45, 2.75) is 31.7 Å². The minimum Gasteiger partial charge on any atom is -0.507 e. The monoisotopic (exact) mass is 423 g/mol. The van der Waals surface area contributed by atoms with Gasteiger partial charge in [-0.2, -0.15) is 5.10 Å². The second-order valence-electron chi connectivity index (χ2n) is 5.70. The van der Waals surface area contributed by atoms with Gasteiger partial charge in [0.25, 0.3) is 5.91 Å². The number of benzene rings is 1. The van der Waals surface area contributed by atoms with Crippen molar-refractivity contribution in [3.63, 3.8) is 0 Å². The SMILES string of the molecule is O=C(N/N=C\c1ccn(C2CCCC2)c1)c1ccc(I)c(O)c1. The highest BCUT2D eigenvalue weighted by molar-refractivity contribution is 14.1. The minimum atomic E-state index is -0.344. The molecule has 1 saturated carbocycles. The molecule has 0 unspecified atom stereocenters. The lowest BCUT2D eigenvalue weighted by Gasteiger charge is -2.10. The summed E-state index contributed by atoms with van der Waals surface area (Å²) in [5, 5.41) is 13.6. The van der Waals surface area contributed by atoms with Gasteiger partial charge in [0, 0.05) is 29.6 Å². The topological polar surface area (TPSA) is 66.6 Å². The maximum Gasteiger partial charge on any atom is 0.271 e. The summed E-state index contributed by atoms with van der Waals surface area (Å²) in [6, 6.07) is 7.37. The van der Waals surface area contributed by atoms with Crippen molar-refractivity contribution in [3.05, 3.63) is 51.4 Å². The first-order valence-electron chi connectivity index (χ1n) is 7.63. The van der Waals surface area contributed by atoms with Crippen LogP contribution in [0.1, 0.15) is 47.6 Å². The van der Waals surface area contributed by atoms with E-state index >= 15 is 0 Å². The van der Waals surface area contributed by atoms with E-state index in [0.29, 0.717) is 15.2 Å². The van der Waals surface area contributed by atoms with Crippen LogP contribution in [0.5, 0.6) is 5.75 Å². The molecule has 120 valence electrons. The van der Waals surface area contributed by atoms with Crippen LogP contribution in [0.3, 0.4) is 0 Å². The molecule has 1 amide bonds. The maximum atomic E-state index is 12.0. The number of aromatic nitrogens is 1. The number of nitrogens with zero attached hydrogens (tertiary/aromatic N) is 2. The molecule has 0 aliphatic heterocycles. The van der Waals surface area contributed by atoms with Gasteiger partial charge in [-0.15, -0.1) is 0 Å². The van der Waals surface area contributed by atoms with Gasteiger partial charge in [0.05, 0.1) is 9.78 Å². The van der Waals surface area contributed by atoms with Crippen molar-refractivity contribution in [3.8, 4) is 5.75 Å². The summed E-state index contributed by atoms with van der Waals surface area (Å²) < 4.78 is 2.93. The maximum absolute atomic E-state index is 12.0. The highest BCUT2D eigenvalue weighted by Crippen LogP contribution is 2.29. The summed E-state index contributed by atoms with van der Waals surface area (Å²) in [6.07, 6.45) is 10.8. The predicted octanol–water partition coefficient (Wildman–Crippen LogP) is 3.68.